The molecule has 1 heterocycles. The molecule has 4 aromatic rings. The number of nitrogens with one attached hydrogen (secondary N) is 1. The van der Waals surface area contributed by atoms with E-state index in [1.807, 2.05) is 55.5 Å². The Kier molecular flexibility index (Phi) is 7.95. The minimum atomic E-state index is -1.16. The van der Waals surface area contributed by atoms with E-state index >= 15 is 0 Å². The lowest BCUT2D eigenvalue weighted by Crippen LogP contribution is -2.41. The minimum Gasteiger partial charge on any atom is -0.484 e. The SMILES string of the molecule is C.C[C@H](NC(=O)C(Cl)Cl)[C@H](Oc1ccc2c(cnn2-c2ccc(F)cc2)c1)c1ccccc1. The molecule has 0 unspecified atom stereocenters. The van der Waals surface area contributed by atoms with Gasteiger partial charge in [-0.15, -0.1) is 0 Å². The first-order valence-corrected chi connectivity index (χ1v) is 10.8. The first kappa shape index (κ1) is 24.6. The molecule has 0 saturated heterocycles. The van der Waals surface area contributed by atoms with Crippen molar-refractivity contribution in [2.75, 3.05) is 0 Å². The highest BCUT2D eigenvalue weighted by molar-refractivity contribution is 6.53. The fraction of sp³-hybridized carbons (Fsp3) is 0.200. The first-order chi connectivity index (χ1) is 15.4. The summed E-state index contributed by atoms with van der Waals surface area (Å²) in [6.45, 7) is 1.83. The zero-order valence-electron chi connectivity index (χ0n) is 17.1. The normalized spacial score (nSPS) is 12.8. The fourth-order valence-corrected chi connectivity index (χ4v) is 3.61. The van der Waals surface area contributed by atoms with Crippen molar-refractivity contribution in [3.8, 4) is 11.4 Å². The number of benzene rings is 3. The Balaban J connectivity index is 0.00000306. The van der Waals surface area contributed by atoms with Crippen LogP contribution in [0.25, 0.3) is 16.6 Å². The average Bonchev–Trinajstić information content (AvgIpc) is 3.21. The topological polar surface area (TPSA) is 56.1 Å². The largest absolute Gasteiger partial charge is 0.484 e. The number of alkyl halides is 2. The van der Waals surface area contributed by atoms with E-state index < -0.39 is 22.9 Å². The smallest absolute Gasteiger partial charge is 0.253 e. The second-order valence-electron chi connectivity index (χ2n) is 7.30. The van der Waals surface area contributed by atoms with Crippen LogP contribution in [0.3, 0.4) is 0 Å². The Morgan fingerprint density at radius 1 is 1.06 bits per heavy atom. The second-order valence-corrected chi connectivity index (χ2v) is 8.40. The highest BCUT2D eigenvalue weighted by Crippen LogP contribution is 2.29. The molecule has 3 aromatic carbocycles. The van der Waals surface area contributed by atoms with Crippen LogP contribution in [0.2, 0.25) is 0 Å². The van der Waals surface area contributed by atoms with Gasteiger partial charge in [0.15, 0.2) is 4.84 Å². The van der Waals surface area contributed by atoms with Gasteiger partial charge in [0.2, 0.25) is 0 Å². The van der Waals surface area contributed by atoms with Crippen molar-refractivity contribution in [2.45, 2.75) is 31.3 Å². The molecule has 0 fully saturated rings. The van der Waals surface area contributed by atoms with E-state index in [1.54, 1.807) is 23.0 Å². The molecule has 0 radical (unpaired) electrons. The van der Waals surface area contributed by atoms with Gasteiger partial charge in [0, 0.05) is 5.39 Å². The van der Waals surface area contributed by atoms with Crippen LogP contribution in [0, 0.1) is 5.82 Å². The van der Waals surface area contributed by atoms with Crippen LogP contribution in [0.1, 0.15) is 26.0 Å². The lowest BCUT2D eigenvalue weighted by atomic mass is 10.0. The number of rotatable bonds is 7. The van der Waals surface area contributed by atoms with E-state index in [9.17, 15) is 9.18 Å². The van der Waals surface area contributed by atoms with E-state index in [4.69, 9.17) is 27.9 Å². The summed E-state index contributed by atoms with van der Waals surface area (Å²) in [6, 6.07) is 20.9. The quantitative estimate of drug-likeness (QED) is 0.314. The Bertz CT molecular complexity index is 1210. The molecule has 33 heavy (non-hydrogen) atoms. The minimum absolute atomic E-state index is 0. The van der Waals surface area contributed by atoms with Gasteiger partial charge >= 0.3 is 0 Å². The molecule has 1 aromatic heterocycles. The van der Waals surface area contributed by atoms with Gasteiger partial charge in [-0.25, -0.2) is 9.07 Å². The van der Waals surface area contributed by atoms with Gasteiger partial charge in [0.05, 0.1) is 23.4 Å². The average molecular weight is 488 g/mol. The molecule has 0 aliphatic carbocycles. The van der Waals surface area contributed by atoms with Crippen LogP contribution in [0.15, 0.2) is 79.0 Å². The van der Waals surface area contributed by atoms with Crippen molar-refractivity contribution in [1.29, 1.82) is 0 Å². The van der Waals surface area contributed by atoms with Gasteiger partial charge in [-0.3, -0.25) is 4.79 Å². The third kappa shape index (κ3) is 5.64. The number of fused-ring (bicyclic) bond motifs is 1. The van der Waals surface area contributed by atoms with Gasteiger partial charge in [-0.1, -0.05) is 61.0 Å². The summed E-state index contributed by atoms with van der Waals surface area (Å²) < 4.78 is 21.3. The van der Waals surface area contributed by atoms with Gasteiger partial charge in [-0.2, -0.15) is 5.10 Å². The van der Waals surface area contributed by atoms with E-state index in [-0.39, 0.29) is 13.2 Å². The third-order valence-electron chi connectivity index (χ3n) is 5.02. The molecule has 0 aliphatic heterocycles. The van der Waals surface area contributed by atoms with Crippen molar-refractivity contribution in [1.82, 2.24) is 15.1 Å². The predicted molar refractivity (Wildman–Crippen MR) is 131 cm³/mol. The number of carbonyl (C=O) groups excluding carboxylic acids is 1. The monoisotopic (exact) mass is 487 g/mol. The molecule has 4 rings (SSSR count). The molecular formula is C25H24Cl2FN3O2. The summed E-state index contributed by atoms with van der Waals surface area (Å²) in [4.78, 5) is 10.8. The Labute approximate surface area is 202 Å². The van der Waals surface area contributed by atoms with E-state index in [0.29, 0.717) is 5.75 Å². The maximum absolute atomic E-state index is 13.3. The van der Waals surface area contributed by atoms with Crippen LogP contribution in [-0.4, -0.2) is 26.6 Å². The zero-order valence-corrected chi connectivity index (χ0v) is 18.6. The van der Waals surface area contributed by atoms with Gasteiger partial charge < -0.3 is 10.1 Å². The van der Waals surface area contributed by atoms with Gasteiger partial charge in [0.1, 0.15) is 17.7 Å². The van der Waals surface area contributed by atoms with Crippen LogP contribution in [0.4, 0.5) is 4.39 Å². The maximum Gasteiger partial charge on any atom is 0.253 e. The summed E-state index contributed by atoms with van der Waals surface area (Å²) in [5.41, 5.74) is 2.50. The van der Waals surface area contributed by atoms with Crippen LogP contribution >= 0.6 is 23.2 Å². The molecule has 172 valence electrons. The number of aromatic nitrogens is 2. The Hall–Kier alpha value is -3.09. The number of halogens is 3. The molecular weight excluding hydrogens is 464 g/mol. The van der Waals surface area contributed by atoms with Crippen LogP contribution in [0.5, 0.6) is 5.75 Å². The fourth-order valence-electron chi connectivity index (χ4n) is 3.48. The molecule has 5 nitrogen and oxygen atoms in total. The molecule has 0 spiro atoms. The summed E-state index contributed by atoms with van der Waals surface area (Å²) in [5, 5.41) is 8.07. The molecule has 1 amide bonds. The number of hydrogen-bond acceptors (Lipinski definition) is 3. The standard InChI is InChI=1S/C24H20Cl2FN3O2.CH4/c1-15(29-24(31)23(25)26)22(16-5-3-2-4-6-16)32-20-11-12-21-17(13-20)14-28-30(21)19-9-7-18(27)8-10-19;/h2-15,22-23H,1H3,(H,29,31);1H4/t15-,22-;/m0./s1. The summed E-state index contributed by atoms with van der Waals surface area (Å²) >= 11 is 11.4. The molecule has 8 heteroatoms. The highest BCUT2D eigenvalue weighted by Gasteiger charge is 2.25. The Morgan fingerprint density at radius 3 is 2.42 bits per heavy atom. The van der Waals surface area contributed by atoms with Gasteiger partial charge in [0.25, 0.3) is 5.91 Å². The van der Waals surface area contributed by atoms with Crippen LogP contribution < -0.4 is 10.1 Å². The molecule has 1 N–H and O–H groups in total. The summed E-state index contributed by atoms with van der Waals surface area (Å²) in [7, 11) is 0. The van der Waals surface area contributed by atoms with Crippen LogP contribution in [-0.2, 0) is 4.79 Å². The van der Waals surface area contributed by atoms with Crippen molar-refractivity contribution in [2.24, 2.45) is 0 Å². The molecule has 0 saturated carbocycles. The lowest BCUT2D eigenvalue weighted by Gasteiger charge is -2.26. The lowest BCUT2D eigenvalue weighted by molar-refractivity contribution is -0.120. The van der Waals surface area contributed by atoms with E-state index in [2.05, 4.69) is 10.4 Å². The first-order valence-electron chi connectivity index (χ1n) is 9.96. The molecule has 0 bridgehead atoms. The molecule has 2 atom stereocenters. The number of hydrogen-bond donors (Lipinski definition) is 1. The van der Waals surface area contributed by atoms with Crippen molar-refractivity contribution in [3.63, 3.8) is 0 Å². The van der Waals surface area contributed by atoms with E-state index in [0.717, 1.165) is 22.2 Å². The maximum atomic E-state index is 13.3. The molecule has 0 aliphatic rings. The van der Waals surface area contributed by atoms with Gasteiger partial charge in [-0.05, 0) is 55.0 Å². The Morgan fingerprint density at radius 2 is 1.76 bits per heavy atom. The van der Waals surface area contributed by atoms with E-state index in [1.165, 1.54) is 12.1 Å². The second kappa shape index (κ2) is 10.7. The number of carbonyl (C=O) groups is 1. The predicted octanol–water partition coefficient (Wildman–Crippen LogP) is 6.23. The van der Waals surface area contributed by atoms with Crippen molar-refractivity contribution in [3.05, 3.63) is 90.4 Å². The van der Waals surface area contributed by atoms with Crippen molar-refractivity contribution < 1.29 is 13.9 Å². The number of ether oxygens (including phenoxy) is 1. The number of nitrogens with zero attached hydrogens (tertiary/aromatic N) is 2. The summed E-state index contributed by atoms with van der Waals surface area (Å²) in [5.74, 6) is -0.176. The van der Waals surface area contributed by atoms with Crippen molar-refractivity contribution >= 4 is 40.0 Å². The third-order valence-corrected chi connectivity index (χ3v) is 5.42. The highest BCUT2D eigenvalue weighted by atomic mass is 35.5. The summed E-state index contributed by atoms with van der Waals surface area (Å²) in [6.07, 6.45) is 1.25. The number of amides is 1. The zero-order chi connectivity index (χ0) is 22.7.